The summed E-state index contributed by atoms with van der Waals surface area (Å²) in [7, 11) is 0. The molecule has 4 N–H and O–H groups in total. The van der Waals surface area contributed by atoms with Crippen molar-refractivity contribution in [3.63, 3.8) is 0 Å². The molecule has 0 spiro atoms. The second kappa shape index (κ2) is 8.80. The lowest BCUT2D eigenvalue weighted by Gasteiger charge is -2.16. The number of nitrogens with two attached hydrogens (primary N) is 1. The van der Waals surface area contributed by atoms with Gasteiger partial charge in [-0.3, -0.25) is 14.1 Å². The predicted molar refractivity (Wildman–Crippen MR) is 111 cm³/mol. The highest BCUT2D eigenvalue weighted by Gasteiger charge is 2.21. The van der Waals surface area contributed by atoms with E-state index in [9.17, 15) is 19.4 Å². The fraction of sp³-hybridized carbons (Fsp3) is 0.105. The molecule has 0 aliphatic carbocycles. The maximum Gasteiger partial charge on any atom is 0.269 e. The van der Waals surface area contributed by atoms with Gasteiger partial charge in [-0.2, -0.15) is 0 Å². The number of pyridine rings is 1. The number of aliphatic hydroxyl groups is 1. The topological polar surface area (TPSA) is 129 Å². The number of phenols is 1. The highest BCUT2D eigenvalue weighted by atomic mass is 32.2. The first-order valence-electron chi connectivity index (χ1n) is 8.32. The third kappa shape index (κ3) is 4.07. The summed E-state index contributed by atoms with van der Waals surface area (Å²) >= 11 is -1.07. The normalized spacial score (nSPS) is 12.0. The Kier molecular flexibility index (Phi) is 6.40. The first kappa shape index (κ1) is 21.1. The van der Waals surface area contributed by atoms with E-state index in [1.54, 1.807) is 35.7 Å². The number of hydrogen-bond donors (Lipinski definition) is 3. The van der Waals surface area contributed by atoms with Gasteiger partial charge < -0.3 is 19.3 Å². The number of phenolic OH excluding ortho intramolecular Hbond substituents is 1. The first-order valence-corrected chi connectivity index (χ1v) is 10.3. The van der Waals surface area contributed by atoms with Crippen LogP contribution >= 0.6 is 11.3 Å². The van der Waals surface area contributed by atoms with Gasteiger partial charge in [-0.15, -0.1) is 11.3 Å². The summed E-state index contributed by atoms with van der Waals surface area (Å²) < 4.78 is 33.9. The van der Waals surface area contributed by atoms with Crippen LogP contribution in [0.5, 0.6) is 5.75 Å². The Morgan fingerprint density at radius 3 is 2.52 bits per heavy atom. The molecule has 7 nitrogen and oxygen atoms in total. The molecule has 0 aliphatic rings. The van der Waals surface area contributed by atoms with E-state index >= 15 is 0 Å². The number of nitrogens with zero attached hydrogens (tertiary/aromatic N) is 1. The van der Waals surface area contributed by atoms with E-state index in [0.29, 0.717) is 32.1 Å². The smallest absolute Gasteiger partial charge is 0.269 e. The molecule has 0 amide bonds. The lowest BCUT2D eigenvalue weighted by molar-refractivity contribution is 0.276. The van der Waals surface area contributed by atoms with Gasteiger partial charge in [-0.25, -0.2) is 4.39 Å². The highest BCUT2D eigenvalue weighted by molar-refractivity contribution is 7.76. The van der Waals surface area contributed by atoms with Crippen LogP contribution in [-0.4, -0.2) is 30.1 Å². The van der Waals surface area contributed by atoms with Crippen LogP contribution in [0.1, 0.15) is 0 Å². The summed E-state index contributed by atoms with van der Waals surface area (Å²) in [6.45, 7) is -0.184. The molecule has 4 aromatic rings. The van der Waals surface area contributed by atoms with E-state index in [0.717, 1.165) is 6.07 Å². The number of thiophene rings is 1. The number of aromatic hydroxyl groups is 1. The van der Waals surface area contributed by atoms with Gasteiger partial charge in [0.25, 0.3) is 5.56 Å². The molecule has 1 unspecified atom stereocenters. The number of halogens is 1. The Labute approximate surface area is 170 Å². The maximum absolute atomic E-state index is 14.4. The molecule has 10 heteroatoms. The van der Waals surface area contributed by atoms with Gasteiger partial charge in [0.15, 0.2) is 11.6 Å². The average Bonchev–Trinajstić information content (AvgIpc) is 3.17. The van der Waals surface area contributed by atoms with E-state index < -0.39 is 22.8 Å². The van der Waals surface area contributed by atoms with Gasteiger partial charge in [-0.05, 0) is 17.0 Å². The minimum atomic E-state index is -2.36. The summed E-state index contributed by atoms with van der Waals surface area (Å²) in [6.07, 6.45) is 0. The Hall–Kier alpha value is -2.63. The molecule has 0 bridgehead atoms. The van der Waals surface area contributed by atoms with Crippen molar-refractivity contribution >= 4 is 43.6 Å². The lowest BCUT2D eigenvalue weighted by Crippen LogP contribution is -2.22. The van der Waals surface area contributed by atoms with Crippen molar-refractivity contribution in [3.05, 3.63) is 64.0 Å². The number of benzene rings is 2. The molecule has 0 saturated carbocycles. The molecule has 29 heavy (non-hydrogen) atoms. The van der Waals surface area contributed by atoms with E-state index in [-0.39, 0.29) is 18.7 Å². The fourth-order valence-corrected chi connectivity index (χ4v) is 4.07. The highest BCUT2D eigenvalue weighted by Crippen LogP contribution is 2.41. The molecule has 1 atom stereocenters. The molecular formula is C19H16FN2O5S2-. The van der Waals surface area contributed by atoms with Gasteiger partial charge >= 0.3 is 0 Å². The van der Waals surface area contributed by atoms with E-state index in [2.05, 4.69) is 5.14 Å². The second-order valence-electron chi connectivity index (χ2n) is 5.95. The molecule has 4 rings (SSSR count). The predicted octanol–water partition coefficient (Wildman–Crippen LogP) is 2.46. The zero-order valence-corrected chi connectivity index (χ0v) is 16.5. The van der Waals surface area contributed by atoms with Crippen molar-refractivity contribution in [1.82, 2.24) is 4.57 Å². The average molecular weight is 435 g/mol. The molecule has 2 aromatic carbocycles. The molecule has 0 saturated heterocycles. The quantitative estimate of drug-likeness (QED) is 0.426. The summed E-state index contributed by atoms with van der Waals surface area (Å²) in [4.78, 5) is 12.7. The summed E-state index contributed by atoms with van der Waals surface area (Å²) in [5, 5.41) is 26.9. The standard InChI is InChI=1S/C19H14FNO3S.H3NO2S/c20-13-10-14-16(15(17(13)23)11-4-2-1-3-5-11)12-6-9-25-18(12)19(24)21(14)7-8-22;1-4(2)3/h1-6,9-10,22-23H,7-8H2;1H2,(H,2,3)/p-1. The van der Waals surface area contributed by atoms with E-state index in [1.807, 2.05) is 6.07 Å². The Bertz CT molecular complexity index is 1250. The third-order valence-corrected chi connectivity index (χ3v) is 5.19. The largest absolute Gasteiger partial charge is 0.760 e. The minimum absolute atomic E-state index is 0.0572. The van der Waals surface area contributed by atoms with Crippen LogP contribution in [0.25, 0.3) is 32.1 Å². The Balaban J connectivity index is 0.000000552. The van der Waals surface area contributed by atoms with Gasteiger partial charge in [-0.1, -0.05) is 30.3 Å². The van der Waals surface area contributed by atoms with Crippen molar-refractivity contribution in [2.75, 3.05) is 6.61 Å². The zero-order chi connectivity index (χ0) is 21.1. The van der Waals surface area contributed by atoms with Crippen molar-refractivity contribution in [3.8, 4) is 16.9 Å². The van der Waals surface area contributed by atoms with Gasteiger partial charge in [0, 0.05) is 40.2 Å². The van der Waals surface area contributed by atoms with Crippen LogP contribution in [0, 0.1) is 5.82 Å². The number of hydrogen-bond acceptors (Lipinski definition) is 6. The Morgan fingerprint density at radius 2 is 1.90 bits per heavy atom. The second-order valence-corrected chi connectivity index (χ2v) is 7.38. The van der Waals surface area contributed by atoms with Crippen molar-refractivity contribution in [2.24, 2.45) is 5.14 Å². The van der Waals surface area contributed by atoms with Crippen LogP contribution in [-0.2, 0) is 17.8 Å². The van der Waals surface area contributed by atoms with E-state index in [4.69, 9.17) is 8.76 Å². The van der Waals surface area contributed by atoms with E-state index in [1.165, 1.54) is 15.9 Å². The molecule has 0 radical (unpaired) electrons. The maximum atomic E-state index is 14.4. The minimum Gasteiger partial charge on any atom is -0.760 e. The number of aromatic nitrogens is 1. The molecule has 2 aromatic heterocycles. The van der Waals surface area contributed by atoms with Crippen molar-refractivity contribution in [2.45, 2.75) is 6.54 Å². The monoisotopic (exact) mass is 435 g/mol. The lowest BCUT2D eigenvalue weighted by atomic mass is 9.97. The third-order valence-electron chi connectivity index (χ3n) is 4.28. The number of fused-ring (bicyclic) bond motifs is 3. The van der Waals surface area contributed by atoms with Crippen molar-refractivity contribution < 1.29 is 23.4 Å². The summed E-state index contributed by atoms with van der Waals surface area (Å²) in [5.41, 5.74) is 1.10. The van der Waals surface area contributed by atoms with Crippen LogP contribution in [0.2, 0.25) is 0 Å². The number of aliphatic hydroxyl groups excluding tert-OH is 1. The van der Waals surface area contributed by atoms with Gasteiger partial charge in [0.1, 0.15) is 4.70 Å². The molecule has 152 valence electrons. The number of rotatable bonds is 3. The van der Waals surface area contributed by atoms with Crippen LogP contribution in [0.15, 0.2) is 52.6 Å². The Morgan fingerprint density at radius 1 is 1.24 bits per heavy atom. The summed E-state index contributed by atoms with van der Waals surface area (Å²) in [5.74, 6) is -1.24. The van der Waals surface area contributed by atoms with Crippen LogP contribution in [0.3, 0.4) is 0 Å². The van der Waals surface area contributed by atoms with Gasteiger partial charge in [0.2, 0.25) is 0 Å². The summed E-state index contributed by atoms with van der Waals surface area (Å²) in [6, 6.07) is 12.0. The van der Waals surface area contributed by atoms with Crippen LogP contribution < -0.4 is 10.7 Å². The molecule has 2 heterocycles. The SMILES string of the molecule is NS(=O)[O-].O=c1c2sccc2c2c(-c3ccccc3)c(O)c(F)cc2n1CCO. The first-order chi connectivity index (χ1) is 13.9. The molecule has 0 aliphatic heterocycles. The zero-order valence-electron chi connectivity index (χ0n) is 14.9. The van der Waals surface area contributed by atoms with Crippen molar-refractivity contribution in [1.29, 1.82) is 0 Å². The molecule has 0 fully saturated rings. The van der Waals surface area contributed by atoms with Crippen LogP contribution in [0.4, 0.5) is 4.39 Å². The molecular weight excluding hydrogens is 419 g/mol. The fourth-order valence-electron chi connectivity index (χ4n) is 3.22. The van der Waals surface area contributed by atoms with Gasteiger partial charge in [0.05, 0.1) is 12.1 Å².